The molecule has 1 fully saturated rings. The molecule has 0 bridgehead atoms. The van der Waals surface area contributed by atoms with Crippen molar-refractivity contribution in [1.29, 1.82) is 0 Å². The Kier molecular flexibility index (Phi) is 6.28. The maximum Gasteiger partial charge on any atom is 0.387 e. The summed E-state index contributed by atoms with van der Waals surface area (Å²) in [4.78, 5) is 18.5. The number of hydrogen-bond acceptors (Lipinski definition) is 5. The van der Waals surface area contributed by atoms with E-state index in [4.69, 9.17) is 4.74 Å². The van der Waals surface area contributed by atoms with E-state index in [0.29, 0.717) is 36.6 Å². The fraction of sp³-hybridized carbons (Fsp3) is 0.400. The van der Waals surface area contributed by atoms with Crippen LogP contribution in [-0.2, 0) is 0 Å². The van der Waals surface area contributed by atoms with Gasteiger partial charge in [-0.2, -0.15) is 8.78 Å². The zero-order valence-corrected chi connectivity index (χ0v) is 15.8. The lowest BCUT2D eigenvalue weighted by molar-refractivity contribution is -0.0495. The largest absolute Gasteiger partial charge is 0.475 e. The monoisotopic (exact) mass is 391 g/mol. The molecular weight excluding hydrogens is 368 g/mol. The number of hydrogen-bond donors (Lipinski definition) is 1. The van der Waals surface area contributed by atoms with E-state index in [2.05, 4.69) is 15.0 Å². The maximum absolute atomic E-state index is 12.6. The SMILES string of the molecule is CC(C)Oc1ccc(C(=O)NC2CCN(c3ccccc3OC(F)F)C2)cn1. The average Bonchev–Trinajstić information content (AvgIpc) is 3.10. The minimum Gasteiger partial charge on any atom is -0.475 e. The highest BCUT2D eigenvalue weighted by molar-refractivity contribution is 5.94. The van der Waals surface area contributed by atoms with Crippen LogP contribution in [0.25, 0.3) is 0 Å². The highest BCUT2D eigenvalue weighted by Crippen LogP contribution is 2.31. The number of para-hydroxylation sites is 2. The summed E-state index contributed by atoms with van der Waals surface area (Å²) in [5, 5.41) is 2.96. The lowest BCUT2D eigenvalue weighted by Gasteiger charge is -2.22. The second-order valence-electron chi connectivity index (χ2n) is 6.80. The third kappa shape index (κ3) is 5.09. The fourth-order valence-corrected chi connectivity index (χ4v) is 3.11. The lowest BCUT2D eigenvalue weighted by atomic mass is 10.2. The topological polar surface area (TPSA) is 63.7 Å². The Bertz CT molecular complexity index is 800. The summed E-state index contributed by atoms with van der Waals surface area (Å²) >= 11 is 0. The van der Waals surface area contributed by atoms with E-state index in [1.165, 1.54) is 12.3 Å². The fourth-order valence-electron chi connectivity index (χ4n) is 3.11. The molecule has 1 N–H and O–H groups in total. The zero-order chi connectivity index (χ0) is 20.1. The number of carbonyl (C=O) groups is 1. The number of rotatable bonds is 7. The number of pyridine rings is 1. The summed E-state index contributed by atoms with van der Waals surface area (Å²) in [6.45, 7) is 2.07. The summed E-state index contributed by atoms with van der Waals surface area (Å²) in [5.41, 5.74) is 1.03. The van der Waals surface area contributed by atoms with Crippen LogP contribution in [0.5, 0.6) is 11.6 Å². The molecule has 28 heavy (non-hydrogen) atoms. The van der Waals surface area contributed by atoms with Crippen molar-refractivity contribution in [3.8, 4) is 11.6 Å². The lowest BCUT2D eigenvalue weighted by Crippen LogP contribution is -2.37. The molecule has 1 aliphatic heterocycles. The first-order valence-corrected chi connectivity index (χ1v) is 9.14. The maximum atomic E-state index is 12.6. The Morgan fingerprint density at radius 2 is 2.00 bits per heavy atom. The van der Waals surface area contributed by atoms with Gasteiger partial charge < -0.3 is 19.7 Å². The first kappa shape index (κ1) is 19.9. The van der Waals surface area contributed by atoms with E-state index in [0.717, 1.165) is 0 Å². The molecule has 0 spiro atoms. The molecule has 2 heterocycles. The smallest absolute Gasteiger partial charge is 0.387 e. The van der Waals surface area contributed by atoms with Gasteiger partial charge in [0.2, 0.25) is 5.88 Å². The second-order valence-corrected chi connectivity index (χ2v) is 6.80. The molecule has 6 nitrogen and oxygen atoms in total. The van der Waals surface area contributed by atoms with E-state index < -0.39 is 6.61 Å². The molecule has 0 radical (unpaired) electrons. The van der Waals surface area contributed by atoms with E-state index in [1.54, 1.807) is 30.3 Å². The molecule has 1 aromatic carbocycles. The van der Waals surface area contributed by atoms with Crippen LogP contribution in [0.3, 0.4) is 0 Å². The number of ether oxygens (including phenoxy) is 2. The van der Waals surface area contributed by atoms with Gasteiger partial charge in [-0.15, -0.1) is 0 Å². The molecule has 1 atom stereocenters. The van der Waals surface area contributed by atoms with Crippen LogP contribution in [0.2, 0.25) is 0 Å². The Balaban J connectivity index is 1.60. The number of halogens is 2. The van der Waals surface area contributed by atoms with Crippen molar-refractivity contribution >= 4 is 11.6 Å². The first-order valence-electron chi connectivity index (χ1n) is 9.14. The van der Waals surface area contributed by atoms with Crippen molar-refractivity contribution in [1.82, 2.24) is 10.3 Å². The molecule has 0 aliphatic carbocycles. The van der Waals surface area contributed by atoms with Crippen LogP contribution in [0.1, 0.15) is 30.6 Å². The summed E-state index contributed by atoms with van der Waals surface area (Å²) in [7, 11) is 0. The third-order valence-electron chi connectivity index (χ3n) is 4.30. The molecule has 1 aromatic heterocycles. The Labute approximate surface area is 162 Å². The molecule has 1 saturated heterocycles. The molecule has 8 heteroatoms. The number of aromatic nitrogens is 1. The average molecular weight is 391 g/mol. The van der Waals surface area contributed by atoms with Gasteiger partial charge in [0, 0.05) is 31.4 Å². The van der Waals surface area contributed by atoms with E-state index >= 15 is 0 Å². The predicted octanol–water partition coefficient (Wildman–Crippen LogP) is 3.48. The number of nitrogens with one attached hydrogen (secondary N) is 1. The summed E-state index contributed by atoms with van der Waals surface area (Å²) in [6, 6.07) is 9.90. The van der Waals surface area contributed by atoms with E-state index in [-0.39, 0.29) is 23.8 Å². The van der Waals surface area contributed by atoms with Gasteiger partial charge in [-0.3, -0.25) is 4.79 Å². The van der Waals surface area contributed by atoms with Gasteiger partial charge in [-0.1, -0.05) is 12.1 Å². The minimum atomic E-state index is -2.88. The van der Waals surface area contributed by atoms with E-state index in [9.17, 15) is 13.6 Å². The molecule has 1 unspecified atom stereocenters. The van der Waals surface area contributed by atoms with Crippen molar-refractivity contribution in [2.45, 2.75) is 39.0 Å². The van der Waals surface area contributed by atoms with Gasteiger partial charge >= 0.3 is 6.61 Å². The molecule has 0 saturated carbocycles. The third-order valence-corrected chi connectivity index (χ3v) is 4.30. The number of amides is 1. The molecule has 1 aliphatic rings. The minimum absolute atomic E-state index is 0.00794. The Hall–Kier alpha value is -2.90. The predicted molar refractivity (Wildman–Crippen MR) is 101 cm³/mol. The van der Waals surface area contributed by atoms with Gasteiger partial charge in [0.25, 0.3) is 5.91 Å². The zero-order valence-electron chi connectivity index (χ0n) is 15.8. The van der Waals surface area contributed by atoms with Gasteiger partial charge in [0.1, 0.15) is 5.75 Å². The van der Waals surface area contributed by atoms with Gasteiger partial charge in [0.15, 0.2) is 0 Å². The summed E-state index contributed by atoms with van der Waals surface area (Å²) < 4.78 is 35.3. The van der Waals surface area contributed by atoms with Crippen molar-refractivity contribution in [2.24, 2.45) is 0 Å². The van der Waals surface area contributed by atoms with Crippen LogP contribution in [0, 0.1) is 0 Å². The van der Waals surface area contributed by atoms with Gasteiger partial charge in [-0.25, -0.2) is 4.98 Å². The van der Waals surface area contributed by atoms with Crippen LogP contribution in [-0.4, -0.2) is 42.7 Å². The van der Waals surface area contributed by atoms with Gasteiger partial charge in [-0.05, 0) is 38.5 Å². The summed E-state index contributed by atoms with van der Waals surface area (Å²) in [6.07, 6.45) is 2.19. The van der Waals surface area contributed by atoms with Crippen LogP contribution >= 0.6 is 0 Å². The van der Waals surface area contributed by atoms with Crippen LogP contribution in [0.4, 0.5) is 14.5 Å². The number of benzene rings is 1. The quantitative estimate of drug-likeness (QED) is 0.783. The Morgan fingerprint density at radius 1 is 1.21 bits per heavy atom. The number of alkyl halides is 2. The van der Waals surface area contributed by atoms with Crippen molar-refractivity contribution in [2.75, 3.05) is 18.0 Å². The van der Waals surface area contributed by atoms with Crippen molar-refractivity contribution in [3.63, 3.8) is 0 Å². The second kappa shape index (κ2) is 8.86. The summed E-state index contributed by atoms with van der Waals surface area (Å²) in [5.74, 6) is 0.371. The highest BCUT2D eigenvalue weighted by atomic mass is 19.3. The Morgan fingerprint density at radius 3 is 2.68 bits per heavy atom. The standard InChI is InChI=1S/C20H23F2N3O3/c1-13(2)27-18-8-7-14(11-23-18)19(26)24-15-9-10-25(12-15)16-5-3-4-6-17(16)28-20(21)22/h3-8,11,13,15,20H,9-10,12H2,1-2H3,(H,24,26). The molecule has 3 rings (SSSR count). The number of anilines is 1. The van der Waals surface area contributed by atoms with Crippen LogP contribution in [0.15, 0.2) is 42.6 Å². The van der Waals surface area contributed by atoms with E-state index in [1.807, 2.05) is 18.7 Å². The van der Waals surface area contributed by atoms with Gasteiger partial charge in [0.05, 0.1) is 17.4 Å². The molecule has 150 valence electrons. The number of carbonyl (C=O) groups excluding carboxylic acids is 1. The van der Waals surface area contributed by atoms with Crippen molar-refractivity contribution < 1.29 is 23.0 Å². The molecular formula is C20H23F2N3O3. The normalized spacial score (nSPS) is 16.5. The molecule has 1 amide bonds. The first-order chi connectivity index (χ1) is 13.4. The number of nitrogens with zero attached hydrogens (tertiary/aromatic N) is 2. The van der Waals surface area contributed by atoms with Crippen LogP contribution < -0.4 is 19.7 Å². The highest BCUT2D eigenvalue weighted by Gasteiger charge is 2.26. The molecule has 2 aromatic rings. The van der Waals surface area contributed by atoms with Crippen molar-refractivity contribution in [3.05, 3.63) is 48.2 Å².